The molecule has 6 heteroatoms. The SMILES string of the molecule is Cn1cc(Cl)c([C@H]2CCCCCN2C(=O)c2ccco2)n1. The number of aromatic nitrogens is 2. The molecule has 1 saturated heterocycles. The van der Waals surface area contributed by atoms with Gasteiger partial charge >= 0.3 is 0 Å². The van der Waals surface area contributed by atoms with Crippen LogP contribution in [0, 0.1) is 0 Å². The Balaban J connectivity index is 1.94. The summed E-state index contributed by atoms with van der Waals surface area (Å²) in [5, 5.41) is 5.06. The lowest BCUT2D eigenvalue weighted by Crippen LogP contribution is -2.35. The van der Waals surface area contributed by atoms with Crippen LogP contribution in [0.4, 0.5) is 0 Å². The molecule has 1 amide bonds. The molecule has 2 aromatic heterocycles. The minimum Gasteiger partial charge on any atom is -0.459 e. The molecule has 0 aromatic carbocycles. The summed E-state index contributed by atoms with van der Waals surface area (Å²) in [7, 11) is 1.84. The summed E-state index contributed by atoms with van der Waals surface area (Å²) < 4.78 is 6.95. The van der Waals surface area contributed by atoms with Crippen molar-refractivity contribution in [2.75, 3.05) is 6.54 Å². The number of amides is 1. The van der Waals surface area contributed by atoms with Gasteiger partial charge in [0.1, 0.15) is 5.69 Å². The van der Waals surface area contributed by atoms with Gasteiger partial charge in [0, 0.05) is 19.8 Å². The predicted octanol–water partition coefficient (Wildman–Crippen LogP) is 3.42. The molecule has 3 rings (SSSR count). The molecule has 1 aliphatic rings. The Labute approximate surface area is 128 Å². The van der Waals surface area contributed by atoms with E-state index in [1.807, 2.05) is 11.9 Å². The quantitative estimate of drug-likeness (QED) is 0.854. The average Bonchev–Trinajstić information content (AvgIpc) is 3.02. The van der Waals surface area contributed by atoms with Gasteiger partial charge < -0.3 is 9.32 Å². The highest BCUT2D eigenvalue weighted by Gasteiger charge is 2.31. The number of furan rings is 1. The molecule has 0 N–H and O–H groups in total. The van der Waals surface area contributed by atoms with Gasteiger partial charge in [0.25, 0.3) is 5.91 Å². The number of hydrogen-bond acceptors (Lipinski definition) is 3. The predicted molar refractivity (Wildman–Crippen MR) is 79.2 cm³/mol. The van der Waals surface area contributed by atoms with Gasteiger partial charge in [-0.2, -0.15) is 5.10 Å². The zero-order valence-electron chi connectivity index (χ0n) is 12.0. The second kappa shape index (κ2) is 5.93. The summed E-state index contributed by atoms with van der Waals surface area (Å²) in [5.41, 5.74) is 0.779. The summed E-state index contributed by atoms with van der Waals surface area (Å²) in [6.07, 6.45) is 7.35. The number of carbonyl (C=O) groups excluding carboxylic acids is 1. The van der Waals surface area contributed by atoms with E-state index in [2.05, 4.69) is 5.10 Å². The zero-order chi connectivity index (χ0) is 14.8. The molecular weight excluding hydrogens is 290 g/mol. The van der Waals surface area contributed by atoms with Crippen LogP contribution in [-0.2, 0) is 7.05 Å². The van der Waals surface area contributed by atoms with E-state index in [9.17, 15) is 4.79 Å². The minimum atomic E-state index is -0.0892. The number of aryl methyl sites for hydroxylation is 1. The summed E-state index contributed by atoms with van der Waals surface area (Å²) in [6, 6.07) is 3.34. The van der Waals surface area contributed by atoms with Crippen LogP contribution in [0.1, 0.15) is 48.0 Å². The van der Waals surface area contributed by atoms with Crippen molar-refractivity contribution in [1.29, 1.82) is 0 Å². The van der Waals surface area contributed by atoms with Crippen molar-refractivity contribution in [3.05, 3.63) is 41.1 Å². The molecular formula is C15H18ClN3O2. The Kier molecular flexibility index (Phi) is 4.01. The van der Waals surface area contributed by atoms with Crippen molar-refractivity contribution in [2.24, 2.45) is 7.05 Å². The number of carbonyl (C=O) groups is 1. The van der Waals surface area contributed by atoms with E-state index in [0.717, 1.165) is 31.4 Å². The van der Waals surface area contributed by atoms with E-state index in [1.165, 1.54) is 6.26 Å². The van der Waals surface area contributed by atoms with Gasteiger partial charge in [0.2, 0.25) is 0 Å². The van der Waals surface area contributed by atoms with Gasteiger partial charge in [-0.1, -0.05) is 24.4 Å². The summed E-state index contributed by atoms with van der Waals surface area (Å²) in [4.78, 5) is 14.5. The Bertz CT molecular complexity index is 621. The van der Waals surface area contributed by atoms with Gasteiger partial charge in [-0.3, -0.25) is 9.48 Å². The third kappa shape index (κ3) is 2.83. The molecule has 3 heterocycles. The summed E-state index contributed by atoms with van der Waals surface area (Å²) in [5.74, 6) is 0.280. The van der Waals surface area contributed by atoms with E-state index in [4.69, 9.17) is 16.0 Å². The fourth-order valence-electron chi connectivity index (χ4n) is 2.88. The number of hydrogen-bond donors (Lipinski definition) is 0. The monoisotopic (exact) mass is 307 g/mol. The fourth-order valence-corrected chi connectivity index (χ4v) is 3.19. The molecule has 0 radical (unpaired) electrons. The van der Waals surface area contributed by atoms with Crippen molar-refractivity contribution in [2.45, 2.75) is 31.7 Å². The van der Waals surface area contributed by atoms with Crippen LogP contribution in [0.5, 0.6) is 0 Å². The van der Waals surface area contributed by atoms with E-state index >= 15 is 0 Å². The Morgan fingerprint density at radius 2 is 2.29 bits per heavy atom. The second-order valence-electron chi connectivity index (χ2n) is 5.38. The maximum Gasteiger partial charge on any atom is 0.290 e. The molecule has 0 spiro atoms. The van der Waals surface area contributed by atoms with E-state index in [0.29, 0.717) is 17.3 Å². The maximum absolute atomic E-state index is 12.7. The third-order valence-electron chi connectivity index (χ3n) is 3.87. The molecule has 1 aliphatic heterocycles. The molecule has 1 fully saturated rings. The zero-order valence-corrected chi connectivity index (χ0v) is 12.7. The van der Waals surface area contributed by atoms with E-state index in [1.54, 1.807) is 23.0 Å². The average molecular weight is 308 g/mol. The first-order chi connectivity index (χ1) is 10.2. The van der Waals surface area contributed by atoms with Gasteiger partial charge in [-0.15, -0.1) is 0 Å². The lowest BCUT2D eigenvalue weighted by Gasteiger charge is -2.28. The molecule has 21 heavy (non-hydrogen) atoms. The second-order valence-corrected chi connectivity index (χ2v) is 5.78. The largest absolute Gasteiger partial charge is 0.459 e. The molecule has 0 saturated carbocycles. The van der Waals surface area contributed by atoms with Crippen LogP contribution in [-0.4, -0.2) is 27.1 Å². The lowest BCUT2D eigenvalue weighted by atomic mass is 10.1. The highest BCUT2D eigenvalue weighted by molar-refractivity contribution is 6.31. The molecule has 112 valence electrons. The maximum atomic E-state index is 12.7. The lowest BCUT2D eigenvalue weighted by molar-refractivity contribution is 0.0644. The van der Waals surface area contributed by atoms with Gasteiger partial charge in [0.15, 0.2) is 5.76 Å². The highest BCUT2D eigenvalue weighted by Crippen LogP contribution is 2.34. The molecule has 1 atom stereocenters. The Hall–Kier alpha value is -1.75. The van der Waals surface area contributed by atoms with Crippen LogP contribution in [0.25, 0.3) is 0 Å². The van der Waals surface area contributed by atoms with E-state index < -0.39 is 0 Å². The van der Waals surface area contributed by atoms with E-state index in [-0.39, 0.29) is 11.9 Å². The van der Waals surface area contributed by atoms with Crippen LogP contribution >= 0.6 is 11.6 Å². The van der Waals surface area contributed by atoms with Crippen molar-refractivity contribution in [3.8, 4) is 0 Å². The molecule has 0 aliphatic carbocycles. The Morgan fingerprint density at radius 3 is 2.95 bits per heavy atom. The molecule has 5 nitrogen and oxygen atoms in total. The first-order valence-electron chi connectivity index (χ1n) is 7.20. The Morgan fingerprint density at radius 1 is 1.43 bits per heavy atom. The highest BCUT2D eigenvalue weighted by atomic mass is 35.5. The molecule has 2 aromatic rings. The number of likely N-dealkylation sites (tertiary alicyclic amines) is 1. The van der Waals surface area contributed by atoms with Gasteiger partial charge in [-0.25, -0.2) is 0 Å². The topological polar surface area (TPSA) is 51.3 Å². The van der Waals surface area contributed by atoms with Crippen molar-refractivity contribution in [1.82, 2.24) is 14.7 Å². The van der Waals surface area contributed by atoms with Gasteiger partial charge in [-0.05, 0) is 25.0 Å². The standard InChI is InChI=1S/C15H18ClN3O2/c1-18-10-11(16)14(17-18)12-6-3-2-4-8-19(12)15(20)13-7-5-9-21-13/h5,7,9-10,12H,2-4,6,8H2,1H3/t12-/m1/s1. The van der Waals surface area contributed by atoms with Crippen LogP contribution in [0.3, 0.4) is 0 Å². The van der Waals surface area contributed by atoms with Crippen molar-refractivity contribution >= 4 is 17.5 Å². The van der Waals surface area contributed by atoms with Crippen molar-refractivity contribution in [3.63, 3.8) is 0 Å². The fraction of sp³-hybridized carbons (Fsp3) is 0.467. The van der Waals surface area contributed by atoms with Crippen molar-refractivity contribution < 1.29 is 9.21 Å². The number of nitrogens with zero attached hydrogens (tertiary/aromatic N) is 3. The molecule has 0 bridgehead atoms. The minimum absolute atomic E-state index is 0.0844. The molecule has 0 unspecified atom stereocenters. The summed E-state index contributed by atoms with van der Waals surface area (Å²) in [6.45, 7) is 0.705. The van der Waals surface area contributed by atoms with Crippen LogP contribution in [0.15, 0.2) is 29.0 Å². The first-order valence-corrected chi connectivity index (χ1v) is 7.58. The van der Waals surface area contributed by atoms with Crippen LogP contribution < -0.4 is 0 Å². The normalized spacial score (nSPS) is 19.5. The van der Waals surface area contributed by atoms with Crippen LogP contribution in [0.2, 0.25) is 5.02 Å². The smallest absolute Gasteiger partial charge is 0.290 e. The number of halogens is 1. The summed E-state index contributed by atoms with van der Waals surface area (Å²) >= 11 is 6.28. The van der Waals surface area contributed by atoms with Gasteiger partial charge in [0.05, 0.1) is 17.3 Å². The number of rotatable bonds is 2. The third-order valence-corrected chi connectivity index (χ3v) is 4.16. The first kappa shape index (κ1) is 14.2.